The summed E-state index contributed by atoms with van der Waals surface area (Å²) in [6.07, 6.45) is 0. The van der Waals surface area contributed by atoms with E-state index >= 15 is 0 Å². The van der Waals surface area contributed by atoms with Crippen molar-refractivity contribution in [3.63, 3.8) is 0 Å². The molecule has 0 fully saturated rings. The number of ether oxygens (including phenoxy) is 5. The van der Waals surface area contributed by atoms with E-state index in [0.717, 1.165) is 36.2 Å². The number of aliphatic hydroxyl groups is 2. The normalized spacial score (nSPS) is 11.3. The minimum Gasteiger partial charge on any atom is -0.394 e. The van der Waals surface area contributed by atoms with Crippen molar-refractivity contribution in [2.24, 2.45) is 0 Å². The second-order valence-corrected chi connectivity index (χ2v) is 7.18. The molecule has 0 unspecified atom stereocenters. The maximum absolute atomic E-state index is 8.53. The Morgan fingerprint density at radius 2 is 0.680 bits per heavy atom. The smallest absolute Gasteiger partial charge is 0.0701 e. The van der Waals surface area contributed by atoms with Crippen molar-refractivity contribution in [2.45, 2.75) is 0 Å². The second kappa shape index (κ2) is 24.4. The lowest BCUT2D eigenvalue weighted by molar-refractivity contribution is 0.0377. The van der Waals surface area contributed by atoms with Crippen molar-refractivity contribution in [1.29, 1.82) is 0 Å². The SMILES string of the molecule is OCCOCCOCCSCCOCCSCCOCCOCCO. The number of hydrogen-bond donors (Lipinski definition) is 2. The van der Waals surface area contributed by atoms with E-state index in [1.54, 1.807) is 0 Å². The van der Waals surface area contributed by atoms with Gasteiger partial charge in [0.05, 0.1) is 79.3 Å². The molecule has 9 heteroatoms. The fraction of sp³-hybridized carbons (Fsp3) is 1.00. The van der Waals surface area contributed by atoms with Gasteiger partial charge in [-0.1, -0.05) is 0 Å². The fourth-order valence-corrected chi connectivity index (χ4v) is 2.90. The zero-order valence-electron chi connectivity index (χ0n) is 15.1. The van der Waals surface area contributed by atoms with Crippen LogP contribution < -0.4 is 0 Å². The summed E-state index contributed by atoms with van der Waals surface area (Å²) in [5, 5.41) is 17.1. The molecule has 0 rings (SSSR count). The van der Waals surface area contributed by atoms with Crippen LogP contribution in [-0.2, 0) is 23.7 Å². The van der Waals surface area contributed by atoms with E-state index < -0.39 is 0 Å². The molecule has 0 atom stereocenters. The van der Waals surface area contributed by atoms with Crippen LogP contribution >= 0.6 is 23.5 Å². The second-order valence-electron chi connectivity index (χ2n) is 4.73. The quantitative estimate of drug-likeness (QED) is 0.252. The summed E-state index contributed by atoms with van der Waals surface area (Å²) >= 11 is 3.64. The number of aliphatic hydroxyl groups excluding tert-OH is 2. The average Bonchev–Trinajstić information content (AvgIpc) is 2.63. The van der Waals surface area contributed by atoms with Crippen LogP contribution in [0.2, 0.25) is 0 Å². The summed E-state index contributed by atoms with van der Waals surface area (Å²) in [5.74, 6) is 3.87. The van der Waals surface area contributed by atoms with Crippen LogP contribution in [0.3, 0.4) is 0 Å². The van der Waals surface area contributed by atoms with Gasteiger partial charge in [0.15, 0.2) is 0 Å². The molecule has 0 aromatic rings. The Kier molecular flexibility index (Phi) is 24.8. The topological polar surface area (TPSA) is 86.6 Å². The van der Waals surface area contributed by atoms with Crippen molar-refractivity contribution in [2.75, 3.05) is 102 Å². The number of rotatable bonds is 22. The first kappa shape index (κ1) is 25.4. The maximum atomic E-state index is 8.53. The van der Waals surface area contributed by atoms with Crippen LogP contribution in [0.1, 0.15) is 0 Å². The molecule has 0 amide bonds. The third-order valence-corrected chi connectivity index (χ3v) is 4.52. The molecule has 152 valence electrons. The maximum Gasteiger partial charge on any atom is 0.0701 e. The van der Waals surface area contributed by atoms with Gasteiger partial charge < -0.3 is 33.9 Å². The van der Waals surface area contributed by atoms with E-state index in [0.29, 0.717) is 52.9 Å². The Morgan fingerprint density at radius 3 is 1.00 bits per heavy atom. The lowest BCUT2D eigenvalue weighted by atomic mass is 10.7. The first-order valence-electron chi connectivity index (χ1n) is 8.67. The van der Waals surface area contributed by atoms with Crippen LogP contribution in [0.4, 0.5) is 0 Å². The monoisotopic (exact) mass is 402 g/mol. The average molecular weight is 403 g/mol. The van der Waals surface area contributed by atoms with Gasteiger partial charge in [-0.15, -0.1) is 0 Å². The van der Waals surface area contributed by atoms with Gasteiger partial charge in [0.1, 0.15) is 0 Å². The summed E-state index contributed by atoms with van der Waals surface area (Å²) in [6.45, 7) is 6.06. The molecule has 0 spiro atoms. The van der Waals surface area contributed by atoms with Crippen molar-refractivity contribution < 1.29 is 33.9 Å². The Hall–Kier alpha value is 0.420. The molecule has 0 aromatic heterocycles. The minimum atomic E-state index is 0.0592. The summed E-state index contributed by atoms with van der Waals surface area (Å²) in [5.41, 5.74) is 0. The summed E-state index contributed by atoms with van der Waals surface area (Å²) in [6, 6.07) is 0. The van der Waals surface area contributed by atoms with Gasteiger partial charge in [0, 0.05) is 23.0 Å². The fourth-order valence-electron chi connectivity index (χ4n) is 1.55. The highest BCUT2D eigenvalue weighted by molar-refractivity contribution is 7.99. The standard InChI is InChI=1S/C16H34O7S2/c17-1-3-19-5-7-21-9-13-24-15-11-23-12-16-25-14-10-22-8-6-20-4-2-18/h17-18H,1-16H2. The molecule has 0 radical (unpaired) electrons. The summed E-state index contributed by atoms with van der Waals surface area (Å²) in [7, 11) is 0. The van der Waals surface area contributed by atoms with Gasteiger partial charge in [0.2, 0.25) is 0 Å². The van der Waals surface area contributed by atoms with Gasteiger partial charge >= 0.3 is 0 Å². The molecule has 7 nitrogen and oxygen atoms in total. The van der Waals surface area contributed by atoms with Gasteiger partial charge in [-0.05, 0) is 0 Å². The molecule has 0 aliphatic heterocycles. The van der Waals surface area contributed by atoms with Crippen molar-refractivity contribution in [3.8, 4) is 0 Å². The van der Waals surface area contributed by atoms with Crippen LogP contribution in [0, 0.1) is 0 Å². The highest BCUT2D eigenvalue weighted by atomic mass is 32.2. The molecule has 0 bridgehead atoms. The Balaban J connectivity index is 2.94. The van der Waals surface area contributed by atoms with E-state index in [2.05, 4.69) is 0 Å². The largest absolute Gasteiger partial charge is 0.394 e. The molecule has 25 heavy (non-hydrogen) atoms. The van der Waals surface area contributed by atoms with Crippen LogP contribution in [0.15, 0.2) is 0 Å². The van der Waals surface area contributed by atoms with Gasteiger partial charge in [-0.2, -0.15) is 23.5 Å². The van der Waals surface area contributed by atoms with E-state index in [1.165, 1.54) is 0 Å². The van der Waals surface area contributed by atoms with E-state index in [-0.39, 0.29) is 13.2 Å². The third kappa shape index (κ3) is 24.4. The van der Waals surface area contributed by atoms with Crippen molar-refractivity contribution in [3.05, 3.63) is 0 Å². The van der Waals surface area contributed by atoms with Gasteiger partial charge in [0.25, 0.3) is 0 Å². The highest BCUT2D eigenvalue weighted by Gasteiger charge is 1.95. The Bertz CT molecular complexity index is 217. The molecular formula is C16H34O7S2. The molecule has 0 saturated heterocycles. The van der Waals surface area contributed by atoms with Crippen LogP contribution in [0.5, 0.6) is 0 Å². The lowest BCUT2D eigenvalue weighted by Gasteiger charge is -2.06. The summed E-state index contributed by atoms with van der Waals surface area (Å²) in [4.78, 5) is 0. The first-order chi connectivity index (χ1) is 12.4. The van der Waals surface area contributed by atoms with Crippen LogP contribution in [0.25, 0.3) is 0 Å². The molecular weight excluding hydrogens is 368 g/mol. The van der Waals surface area contributed by atoms with Crippen LogP contribution in [-0.4, -0.2) is 113 Å². The van der Waals surface area contributed by atoms with Crippen molar-refractivity contribution >= 4 is 23.5 Å². The molecule has 0 aliphatic rings. The molecule has 0 aliphatic carbocycles. The lowest BCUT2D eigenvalue weighted by Crippen LogP contribution is -2.09. The molecule has 0 saturated carbocycles. The van der Waals surface area contributed by atoms with E-state index in [4.69, 9.17) is 33.9 Å². The van der Waals surface area contributed by atoms with E-state index in [9.17, 15) is 0 Å². The minimum absolute atomic E-state index is 0.0592. The molecule has 0 heterocycles. The zero-order valence-corrected chi connectivity index (χ0v) is 16.7. The third-order valence-electron chi connectivity index (χ3n) is 2.70. The predicted molar refractivity (Wildman–Crippen MR) is 103 cm³/mol. The number of thioether (sulfide) groups is 2. The highest BCUT2D eigenvalue weighted by Crippen LogP contribution is 2.02. The Morgan fingerprint density at radius 1 is 0.400 bits per heavy atom. The predicted octanol–water partition coefficient (Wildman–Crippen LogP) is 0.520. The zero-order chi connectivity index (χ0) is 18.3. The van der Waals surface area contributed by atoms with E-state index in [1.807, 2.05) is 23.5 Å². The molecule has 2 N–H and O–H groups in total. The summed E-state index contributed by atoms with van der Waals surface area (Å²) < 4.78 is 26.5. The van der Waals surface area contributed by atoms with Gasteiger partial charge in [-0.25, -0.2) is 0 Å². The van der Waals surface area contributed by atoms with Crippen molar-refractivity contribution in [1.82, 2.24) is 0 Å². The molecule has 0 aromatic carbocycles. The Labute approximate surface area is 160 Å². The number of hydrogen-bond acceptors (Lipinski definition) is 9. The van der Waals surface area contributed by atoms with Gasteiger partial charge in [-0.3, -0.25) is 0 Å². The first-order valence-corrected chi connectivity index (χ1v) is 11.0.